The Kier molecular flexibility index (Phi) is 6.85. The number of nitrogens with zero attached hydrogens (tertiary/aromatic N) is 2. The first-order valence-electron chi connectivity index (χ1n) is 11.5. The van der Waals surface area contributed by atoms with Gasteiger partial charge < -0.3 is 9.80 Å². The molecule has 0 aromatic heterocycles. The van der Waals surface area contributed by atoms with Gasteiger partial charge in [0.05, 0.1) is 6.04 Å². The average Bonchev–Trinajstić information content (AvgIpc) is 2.84. The minimum absolute atomic E-state index is 0.0511. The summed E-state index contributed by atoms with van der Waals surface area (Å²) in [6, 6.07) is 24.5. The van der Waals surface area contributed by atoms with Crippen LogP contribution in [0, 0.1) is 5.92 Å². The van der Waals surface area contributed by atoms with E-state index in [1.54, 1.807) is 24.3 Å². The van der Waals surface area contributed by atoms with Gasteiger partial charge in [0.15, 0.2) is 0 Å². The van der Waals surface area contributed by atoms with Gasteiger partial charge in [-0.3, -0.25) is 9.59 Å². The second kappa shape index (κ2) is 9.80. The molecule has 1 heterocycles. The number of hydrogen-bond acceptors (Lipinski definition) is 2. The maximum atomic E-state index is 13.9. The minimum atomic E-state index is -0.217. The molecule has 3 aromatic carbocycles. The molecule has 0 spiro atoms. The van der Waals surface area contributed by atoms with Crippen LogP contribution in [0.15, 0.2) is 78.9 Å². The first kappa shape index (κ1) is 23.1. The topological polar surface area (TPSA) is 40.6 Å². The predicted molar refractivity (Wildman–Crippen MR) is 135 cm³/mol. The quantitative estimate of drug-likeness (QED) is 0.415. The van der Waals surface area contributed by atoms with Crippen LogP contribution in [0.25, 0.3) is 0 Å². The van der Waals surface area contributed by atoms with E-state index >= 15 is 0 Å². The van der Waals surface area contributed by atoms with E-state index in [0.717, 1.165) is 23.4 Å². The van der Waals surface area contributed by atoms with E-state index in [1.807, 2.05) is 78.2 Å². The largest absolute Gasteiger partial charge is 0.309 e. The van der Waals surface area contributed by atoms with Crippen molar-refractivity contribution in [2.45, 2.75) is 45.7 Å². The molecule has 3 atom stereocenters. The fourth-order valence-corrected chi connectivity index (χ4v) is 4.75. The summed E-state index contributed by atoms with van der Waals surface area (Å²) in [4.78, 5) is 30.9. The van der Waals surface area contributed by atoms with Gasteiger partial charge in [0.25, 0.3) is 5.91 Å². The van der Waals surface area contributed by atoms with Gasteiger partial charge in [0.2, 0.25) is 5.91 Å². The molecular formula is C28H29ClN2O2. The van der Waals surface area contributed by atoms with Crippen molar-refractivity contribution >= 4 is 34.8 Å². The van der Waals surface area contributed by atoms with Gasteiger partial charge in [-0.1, -0.05) is 67.9 Å². The molecule has 5 heteroatoms. The third-order valence-corrected chi connectivity index (χ3v) is 6.70. The Balaban J connectivity index is 1.83. The Hall–Kier alpha value is -3.11. The van der Waals surface area contributed by atoms with Gasteiger partial charge >= 0.3 is 0 Å². The standard InChI is InChI=1S/C28H29ClN2O2/c1-4-19(2)27(32)30-20(3)17-26(24-15-8-9-16-25(24)30)31(23-13-6-5-7-14-23)28(33)21-11-10-12-22(29)18-21/h5-16,18-20,26H,4,17H2,1-3H3/t19-,20+,26+/m1/s1. The van der Waals surface area contributed by atoms with Crippen LogP contribution in [-0.4, -0.2) is 17.9 Å². The molecule has 0 radical (unpaired) electrons. The number of benzene rings is 3. The molecule has 4 nitrogen and oxygen atoms in total. The lowest BCUT2D eigenvalue weighted by molar-refractivity contribution is -0.122. The fourth-order valence-electron chi connectivity index (χ4n) is 4.56. The van der Waals surface area contributed by atoms with Crippen molar-refractivity contribution in [1.29, 1.82) is 0 Å². The molecule has 0 N–H and O–H groups in total. The number of para-hydroxylation sites is 2. The summed E-state index contributed by atoms with van der Waals surface area (Å²) in [6.45, 7) is 6.08. The van der Waals surface area contributed by atoms with Gasteiger partial charge in [0, 0.05) is 33.9 Å². The minimum Gasteiger partial charge on any atom is -0.309 e. The zero-order valence-corrected chi connectivity index (χ0v) is 20.0. The summed E-state index contributed by atoms with van der Waals surface area (Å²) < 4.78 is 0. The van der Waals surface area contributed by atoms with Gasteiger partial charge in [0.1, 0.15) is 0 Å². The van der Waals surface area contributed by atoms with Gasteiger partial charge in [-0.2, -0.15) is 0 Å². The molecule has 1 aliphatic rings. The zero-order chi connectivity index (χ0) is 23.5. The van der Waals surface area contributed by atoms with E-state index in [2.05, 4.69) is 6.92 Å². The highest BCUT2D eigenvalue weighted by Gasteiger charge is 2.39. The molecule has 170 valence electrons. The molecule has 0 saturated carbocycles. The maximum Gasteiger partial charge on any atom is 0.258 e. The Labute approximate surface area is 200 Å². The van der Waals surface area contributed by atoms with Crippen molar-refractivity contribution in [3.05, 3.63) is 95.0 Å². The van der Waals surface area contributed by atoms with E-state index in [-0.39, 0.29) is 29.8 Å². The van der Waals surface area contributed by atoms with Crippen molar-refractivity contribution < 1.29 is 9.59 Å². The van der Waals surface area contributed by atoms with Crippen LogP contribution in [0.4, 0.5) is 11.4 Å². The van der Waals surface area contributed by atoms with Crippen LogP contribution in [0.1, 0.15) is 55.6 Å². The number of rotatable bonds is 5. The lowest BCUT2D eigenvalue weighted by Gasteiger charge is -2.44. The molecule has 0 fully saturated rings. The van der Waals surface area contributed by atoms with Crippen molar-refractivity contribution in [3.8, 4) is 0 Å². The zero-order valence-electron chi connectivity index (χ0n) is 19.2. The van der Waals surface area contributed by atoms with E-state index in [0.29, 0.717) is 17.0 Å². The number of carbonyl (C=O) groups excluding carboxylic acids is 2. The van der Waals surface area contributed by atoms with Crippen LogP contribution >= 0.6 is 11.6 Å². The molecule has 3 aromatic rings. The third kappa shape index (κ3) is 4.53. The van der Waals surface area contributed by atoms with E-state index in [9.17, 15) is 9.59 Å². The summed E-state index contributed by atoms with van der Waals surface area (Å²) in [6.07, 6.45) is 1.43. The second-order valence-corrected chi connectivity index (χ2v) is 9.13. The molecule has 0 unspecified atom stereocenters. The maximum absolute atomic E-state index is 13.9. The van der Waals surface area contributed by atoms with Crippen molar-refractivity contribution in [3.63, 3.8) is 0 Å². The van der Waals surface area contributed by atoms with Crippen LogP contribution in [-0.2, 0) is 4.79 Å². The fraction of sp³-hybridized carbons (Fsp3) is 0.286. The molecule has 1 aliphatic heterocycles. The second-order valence-electron chi connectivity index (χ2n) is 8.70. The van der Waals surface area contributed by atoms with E-state index in [1.165, 1.54) is 0 Å². The number of amides is 2. The van der Waals surface area contributed by atoms with Crippen molar-refractivity contribution in [2.75, 3.05) is 9.80 Å². The SMILES string of the molecule is CC[C@@H](C)C(=O)N1c2ccccc2[C@@H](N(C(=O)c2cccc(Cl)c2)c2ccccc2)C[C@@H]1C. The van der Waals surface area contributed by atoms with Gasteiger partial charge in [-0.25, -0.2) is 0 Å². The summed E-state index contributed by atoms with van der Waals surface area (Å²) in [5, 5.41) is 0.525. The van der Waals surface area contributed by atoms with Crippen molar-refractivity contribution in [1.82, 2.24) is 0 Å². The number of carbonyl (C=O) groups is 2. The summed E-state index contributed by atoms with van der Waals surface area (Å²) in [5.41, 5.74) is 3.21. The highest BCUT2D eigenvalue weighted by atomic mass is 35.5. The predicted octanol–water partition coefficient (Wildman–Crippen LogP) is 6.90. The molecular weight excluding hydrogens is 432 g/mol. The van der Waals surface area contributed by atoms with Gasteiger partial charge in [-0.15, -0.1) is 0 Å². The molecule has 2 amide bonds. The van der Waals surface area contributed by atoms with Crippen LogP contribution < -0.4 is 9.80 Å². The summed E-state index contributed by atoms with van der Waals surface area (Å²) in [5.74, 6) is -0.0453. The van der Waals surface area contributed by atoms with E-state index < -0.39 is 0 Å². The van der Waals surface area contributed by atoms with Crippen molar-refractivity contribution in [2.24, 2.45) is 5.92 Å². The highest BCUT2D eigenvalue weighted by molar-refractivity contribution is 6.31. The molecule has 33 heavy (non-hydrogen) atoms. The Bertz CT molecular complexity index is 1150. The number of hydrogen-bond donors (Lipinski definition) is 0. The van der Waals surface area contributed by atoms with Gasteiger partial charge in [-0.05, 0) is 61.7 Å². The van der Waals surface area contributed by atoms with E-state index in [4.69, 9.17) is 11.6 Å². The molecule has 0 bridgehead atoms. The van der Waals surface area contributed by atoms with Crippen LogP contribution in [0.2, 0.25) is 5.02 Å². The lowest BCUT2D eigenvalue weighted by atomic mass is 9.88. The number of fused-ring (bicyclic) bond motifs is 1. The number of anilines is 2. The van der Waals surface area contributed by atoms with Crippen LogP contribution in [0.3, 0.4) is 0 Å². The first-order chi connectivity index (χ1) is 15.9. The molecule has 4 rings (SSSR count). The summed E-state index contributed by atoms with van der Waals surface area (Å²) >= 11 is 6.21. The number of halogens is 1. The van der Waals surface area contributed by atoms with Crippen LogP contribution in [0.5, 0.6) is 0 Å². The Morgan fingerprint density at radius 2 is 1.73 bits per heavy atom. The normalized spacial score (nSPS) is 18.4. The Morgan fingerprint density at radius 1 is 1.03 bits per heavy atom. The highest BCUT2D eigenvalue weighted by Crippen LogP contribution is 2.43. The molecule has 0 aliphatic carbocycles. The Morgan fingerprint density at radius 3 is 2.42 bits per heavy atom. The molecule has 0 saturated heterocycles. The monoisotopic (exact) mass is 460 g/mol. The smallest absolute Gasteiger partial charge is 0.258 e. The average molecular weight is 461 g/mol. The third-order valence-electron chi connectivity index (χ3n) is 6.47. The first-order valence-corrected chi connectivity index (χ1v) is 11.9. The lowest BCUT2D eigenvalue weighted by Crippen LogP contribution is -2.49. The summed E-state index contributed by atoms with van der Waals surface area (Å²) in [7, 11) is 0.